The van der Waals surface area contributed by atoms with E-state index in [1.165, 1.54) is 5.56 Å². The van der Waals surface area contributed by atoms with Crippen molar-refractivity contribution in [2.24, 2.45) is 0 Å². The third kappa shape index (κ3) is 5.75. The van der Waals surface area contributed by atoms with Crippen molar-refractivity contribution in [2.45, 2.75) is 52.2 Å². The summed E-state index contributed by atoms with van der Waals surface area (Å²) < 4.78 is 11.1. The van der Waals surface area contributed by atoms with Gasteiger partial charge in [0.1, 0.15) is 11.5 Å². The molecule has 0 saturated heterocycles. The number of rotatable bonds is 7. The van der Waals surface area contributed by atoms with Gasteiger partial charge < -0.3 is 14.4 Å². The number of carbonyl (C=O) groups excluding carboxylic acids is 1. The minimum absolute atomic E-state index is 0.0202. The van der Waals surface area contributed by atoms with Crippen LogP contribution in [-0.2, 0) is 16.8 Å². The minimum Gasteiger partial charge on any atom is -0.497 e. The summed E-state index contributed by atoms with van der Waals surface area (Å²) in [7, 11) is 3.45. The number of carbonyl (C=O) groups is 1. The Bertz CT molecular complexity index is 730. The Hall–Kier alpha value is -2.49. The van der Waals surface area contributed by atoms with Crippen LogP contribution in [0.15, 0.2) is 48.5 Å². The van der Waals surface area contributed by atoms with Crippen LogP contribution in [0.5, 0.6) is 11.5 Å². The first kappa shape index (κ1) is 20.8. The topological polar surface area (TPSA) is 38.8 Å². The maximum Gasteiger partial charge on any atom is 0.263 e. The van der Waals surface area contributed by atoms with Gasteiger partial charge in [-0.2, -0.15) is 0 Å². The fraction of sp³-hybridized carbons (Fsp3) is 0.435. The van der Waals surface area contributed by atoms with Crippen LogP contribution in [-0.4, -0.2) is 31.1 Å². The number of hydrogen-bond donors (Lipinski definition) is 0. The highest BCUT2D eigenvalue weighted by molar-refractivity contribution is 5.81. The van der Waals surface area contributed by atoms with Gasteiger partial charge >= 0.3 is 0 Å². The zero-order valence-corrected chi connectivity index (χ0v) is 17.3. The number of benzene rings is 2. The molecule has 2 aromatic rings. The van der Waals surface area contributed by atoms with Crippen molar-refractivity contribution in [3.05, 3.63) is 59.7 Å². The summed E-state index contributed by atoms with van der Waals surface area (Å²) >= 11 is 0. The van der Waals surface area contributed by atoms with Crippen molar-refractivity contribution in [1.29, 1.82) is 0 Å². The van der Waals surface area contributed by atoms with Gasteiger partial charge in [0.2, 0.25) is 0 Å². The number of methoxy groups -OCH3 is 1. The molecule has 0 bridgehead atoms. The lowest BCUT2D eigenvalue weighted by molar-refractivity contribution is -0.138. The summed E-state index contributed by atoms with van der Waals surface area (Å²) in [5.41, 5.74) is 2.39. The highest BCUT2D eigenvalue weighted by Crippen LogP contribution is 2.25. The summed E-state index contributed by atoms with van der Waals surface area (Å²) in [6, 6.07) is 15.8. The summed E-state index contributed by atoms with van der Waals surface area (Å²) in [4.78, 5) is 14.5. The second-order valence-corrected chi connectivity index (χ2v) is 7.83. The lowest BCUT2D eigenvalue weighted by Gasteiger charge is -2.24. The van der Waals surface area contributed by atoms with Crippen molar-refractivity contribution < 1.29 is 14.3 Å². The lowest BCUT2D eigenvalue weighted by atomic mass is 9.87. The van der Waals surface area contributed by atoms with Crippen LogP contribution in [0.25, 0.3) is 0 Å². The molecule has 0 aliphatic carbocycles. The average Bonchev–Trinajstić information content (AvgIpc) is 2.65. The monoisotopic (exact) mass is 369 g/mol. The predicted octanol–water partition coefficient (Wildman–Crippen LogP) is 4.81. The van der Waals surface area contributed by atoms with E-state index < -0.39 is 6.10 Å². The van der Waals surface area contributed by atoms with E-state index in [9.17, 15) is 4.79 Å². The molecule has 27 heavy (non-hydrogen) atoms. The SMILES string of the molecule is CC[C@H](Oc1ccc(C(C)(C)C)cc1)C(=O)N(C)Cc1ccc(OC)cc1. The van der Waals surface area contributed by atoms with Crippen LogP contribution in [0.1, 0.15) is 45.2 Å². The Balaban J connectivity index is 2.01. The molecule has 0 radical (unpaired) electrons. The molecule has 0 fully saturated rings. The maximum absolute atomic E-state index is 12.8. The molecule has 0 N–H and O–H groups in total. The Morgan fingerprint density at radius 3 is 2.04 bits per heavy atom. The van der Waals surface area contributed by atoms with Gasteiger partial charge in [-0.3, -0.25) is 4.79 Å². The van der Waals surface area contributed by atoms with E-state index >= 15 is 0 Å². The maximum atomic E-state index is 12.8. The second kappa shape index (κ2) is 8.94. The minimum atomic E-state index is -0.492. The molecule has 2 aromatic carbocycles. The van der Waals surface area contributed by atoms with E-state index in [4.69, 9.17) is 9.47 Å². The smallest absolute Gasteiger partial charge is 0.263 e. The van der Waals surface area contributed by atoms with Gasteiger partial charge in [0.25, 0.3) is 5.91 Å². The van der Waals surface area contributed by atoms with E-state index in [0.717, 1.165) is 17.1 Å². The first-order valence-electron chi connectivity index (χ1n) is 9.39. The van der Waals surface area contributed by atoms with E-state index in [1.54, 1.807) is 19.1 Å². The van der Waals surface area contributed by atoms with Gasteiger partial charge in [-0.05, 0) is 47.2 Å². The lowest BCUT2D eigenvalue weighted by Crippen LogP contribution is -2.39. The van der Waals surface area contributed by atoms with E-state index in [0.29, 0.717) is 13.0 Å². The third-order valence-corrected chi connectivity index (χ3v) is 4.60. The van der Waals surface area contributed by atoms with Crippen LogP contribution >= 0.6 is 0 Å². The Kier molecular flexibility index (Phi) is 6.89. The van der Waals surface area contributed by atoms with Crippen LogP contribution in [0.3, 0.4) is 0 Å². The van der Waals surface area contributed by atoms with Crippen molar-refractivity contribution in [2.75, 3.05) is 14.2 Å². The van der Waals surface area contributed by atoms with Crippen LogP contribution in [0, 0.1) is 0 Å². The standard InChI is InChI=1S/C23H31NO3/c1-7-21(27-20-14-10-18(11-15-20)23(2,3)4)22(25)24(5)16-17-8-12-19(26-6)13-9-17/h8-15,21H,7,16H2,1-6H3/t21-/m0/s1. The molecular weight excluding hydrogens is 338 g/mol. The number of amides is 1. The molecule has 1 amide bonds. The van der Waals surface area contributed by atoms with Gasteiger partial charge in [-0.1, -0.05) is 52.0 Å². The van der Waals surface area contributed by atoms with Crippen LogP contribution in [0.2, 0.25) is 0 Å². The number of nitrogens with zero attached hydrogens (tertiary/aromatic N) is 1. The largest absolute Gasteiger partial charge is 0.497 e. The predicted molar refractivity (Wildman–Crippen MR) is 109 cm³/mol. The summed E-state index contributed by atoms with van der Waals surface area (Å²) in [6.45, 7) is 9.03. The van der Waals surface area contributed by atoms with Gasteiger partial charge in [0.05, 0.1) is 7.11 Å². The number of hydrogen-bond acceptors (Lipinski definition) is 3. The zero-order valence-electron chi connectivity index (χ0n) is 17.3. The van der Waals surface area contributed by atoms with Crippen LogP contribution < -0.4 is 9.47 Å². The van der Waals surface area contributed by atoms with Crippen molar-refractivity contribution in [3.8, 4) is 11.5 Å². The molecule has 0 spiro atoms. The Morgan fingerprint density at radius 2 is 1.56 bits per heavy atom. The molecule has 4 nitrogen and oxygen atoms in total. The Labute approximate surface area is 163 Å². The molecule has 0 heterocycles. The van der Waals surface area contributed by atoms with Crippen molar-refractivity contribution >= 4 is 5.91 Å². The first-order chi connectivity index (χ1) is 12.7. The summed E-state index contributed by atoms with van der Waals surface area (Å²) in [6.07, 6.45) is 0.126. The van der Waals surface area contributed by atoms with Gasteiger partial charge in [-0.25, -0.2) is 0 Å². The van der Waals surface area contributed by atoms with E-state index in [1.807, 2.05) is 43.3 Å². The first-order valence-corrected chi connectivity index (χ1v) is 9.39. The number of ether oxygens (including phenoxy) is 2. The molecule has 0 saturated carbocycles. The highest BCUT2D eigenvalue weighted by Gasteiger charge is 2.23. The molecule has 0 unspecified atom stereocenters. The van der Waals surface area contributed by atoms with E-state index in [-0.39, 0.29) is 11.3 Å². The molecule has 0 aromatic heterocycles. The Morgan fingerprint density at radius 1 is 1.00 bits per heavy atom. The number of likely N-dealkylation sites (N-methyl/N-ethyl adjacent to an activating group) is 1. The molecule has 4 heteroatoms. The summed E-state index contributed by atoms with van der Waals surface area (Å²) in [5.74, 6) is 1.51. The second-order valence-electron chi connectivity index (χ2n) is 7.83. The van der Waals surface area contributed by atoms with Gasteiger partial charge in [-0.15, -0.1) is 0 Å². The third-order valence-electron chi connectivity index (χ3n) is 4.60. The van der Waals surface area contributed by atoms with Crippen molar-refractivity contribution in [3.63, 3.8) is 0 Å². The fourth-order valence-corrected chi connectivity index (χ4v) is 2.83. The molecule has 146 valence electrons. The normalized spacial score (nSPS) is 12.4. The average molecular weight is 370 g/mol. The quantitative estimate of drug-likeness (QED) is 0.703. The highest BCUT2D eigenvalue weighted by atomic mass is 16.5. The molecular formula is C23H31NO3. The van der Waals surface area contributed by atoms with Gasteiger partial charge in [0, 0.05) is 13.6 Å². The van der Waals surface area contributed by atoms with E-state index in [2.05, 4.69) is 32.9 Å². The fourth-order valence-electron chi connectivity index (χ4n) is 2.83. The van der Waals surface area contributed by atoms with Gasteiger partial charge in [0.15, 0.2) is 6.10 Å². The summed E-state index contributed by atoms with van der Waals surface area (Å²) in [5, 5.41) is 0. The van der Waals surface area contributed by atoms with Crippen LogP contribution in [0.4, 0.5) is 0 Å². The zero-order chi connectivity index (χ0) is 20.0. The van der Waals surface area contributed by atoms with Crippen molar-refractivity contribution in [1.82, 2.24) is 4.90 Å². The molecule has 0 aliphatic heterocycles. The molecule has 0 aliphatic rings. The molecule has 2 rings (SSSR count). The molecule has 1 atom stereocenters.